The molecule has 0 bridgehead atoms. The highest BCUT2D eigenvalue weighted by atomic mass is 35.5. The highest BCUT2D eigenvalue weighted by Gasteiger charge is 2.48. The zero-order valence-electron chi connectivity index (χ0n) is 26.0. The van der Waals surface area contributed by atoms with E-state index in [0.29, 0.717) is 41.5 Å². The SMILES string of the molecule is CS(=O)(=O)c1ccc(CN2CCC3(CCN(C[C@H]4CN(C(=O)CC5CCCCC5)C[C@@H]4c4ccccc4)CC3)C2=O)cc1.Cl. The van der Waals surface area contributed by atoms with Crippen LogP contribution in [0.3, 0.4) is 0 Å². The van der Waals surface area contributed by atoms with Crippen LogP contribution in [0.5, 0.6) is 0 Å². The van der Waals surface area contributed by atoms with Crippen LogP contribution >= 0.6 is 12.4 Å². The molecule has 0 unspecified atom stereocenters. The van der Waals surface area contributed by atoms with Gasteiger partial charge in [0.15, 0.2) is 9.84 Å². The van der Waals surface area contributed by atoms with Crippen molar-refractivity contribution in [2.75, 3.05) is 45.5 Å². The fourth-order valence-electron chi connectivity index (χ4n) is 8.17. The van der Waals surface area contributed by atoms with Gasteiger partial charge in [0.1, 0.15) is 0 Å². The van der Waals surface area contributed by atoms with E-state index in [1.807, 2.05) is 17.0 Å². The third kappa shape index (κ3) is 7.34. The zero-order chi connectivity index (χ0) is 30.0. The summed E-state index contributed by atoms with van der Waals surface area (Å²) >= 11 is 0. The van der Waals surface area contributed by atoms with Crippen LogP contribution in [0.4, 0.5) is 0 Å². The second-order valence-electron chi connectivity index (χ2n) is 13.8. The smallest absolute Gasteiger partial charge is 0.229 e. The lowest BCUT2D eigenvalue weighted by Gasteiger charge is -2.39. The quantitative estimate of drug-likeness (QED) is 0.378. The van der Waals surface area contributed by atoms with Crippen LogP contribution in [0.25, 0.3) is 0 Å². The summed E-state index contributed by atoms with van der Waals surface area (Å²) in [6.07, 6.45) is 10.8. The summed E-state index contributed by atoms with van der Waals surface area (Å²) in [7, 11) is -3.23. The van der Waals surface area contributed by atoms with Gasteiger partial charge < -0.3 is 14.7 Å². The first kappa shape index (κ1) is 33.0. The van der Waals surface area contributed by atoms with E-state index in [-0.39, 0.29) is 23.7 Å². The minimum Gasteiger partial charge on any atom is -0.342 e. The molecule has 3 saturated heterocycles. The minimum atomic E-state index is -3.23. The molecule has 44 heavy (non-hydrogen) atoms. The monoisotopic (exact) mass is 641 g/mol. The van der Waals surface area contributed by atoms with Crippen LogP contribution in [-0.4, -0.2) is 80.5 Å². The van der Waals surface area contributed by atoms with Crippen molar-refractivity contribution in [3.05, 3.63) is 65.7 Å². The topological polar surface area (TPSA) is 78.0 Å². The first-order valence-electron chi connectivity index (χ1n) is 16.3. The maximum atomic E-state index is 13.6. The minimum absolute atomic E-state index is 0. The van der Waals surface area contributed by atoms with Gasteiger partial charge in [0.25, 0.3) is 0 Å². The maximum absolute atomic E-state index is 13.6. The molecule has 2 amide bonds. The van der Waals surface area contributed by atoms with Gasteiger partial charge in [0.05, 0.1) is 10.3 Å². The van der Waals surface area contributed by atoms with Gasteiger partial charge >= 0.3 is 0 Å². The molecule has 240 valence electrons. The zero-order valence-corrected chi connectivity index (χ0v) is 27.7. The standard InChI is InChI=1S/C35H47N3O4S.ClH/c1-43(41,42)31-14-12-28(13-15-31)23-37-21-18-35(34(37)40)16-19-36(20-17-35)24-30-25-38(26-32(30)29-10-6-3-7-11-29)33(39)22-27-8-4-2-5-9-27;/h3,6-7,10-15,27,30,32H,2,4-5,8-9,16-26H2,1H3;1H/t30-,32+;/m0./s1. The van der Waals surface area contributed by atoms with Crippen LogP contribution < -0.4 is 0 Å². The second-order valence-corrected chi connectivity index (χ2v) is 15.8. The molecule has 0 aromatic heterocycles. The average molecular weight is 642 g/mol. The van der Waals surface area contributed by atoms with Gasteiger partial charge in [-0.1, -0.05) is 61.7 Å². The fraction of sp³-hybridized carbons (Fsp3) is 0.600. The molecular formula is C35H48ClN3O4S. The number of nitrogens with zero attached hydrogens (tertiary/aromatic N) is 3. The van der Waals surface area contributed by atoms with Gasteiger partial charge in [0, 0.05) is 51.3 Å². The van der Waals surface area contributed by atoms with Crippen molar-refractivity contribution in [3.63, 3.8) is 0 Å². The molecule has 2 atom stereocenters. The third-order valence-electron chi connectivity index (χ3n) is 10.8. The van der Waals surface area contributed by atoms with E-state index in [0.717, 1.165) is 64.1 Å². The molecule has 2 aromatic rings. The van der Waals surface area contributed by atoms with E-state index < -0.39 is 9.84 Å². The first-order valence-corrected chi connectivity index (χ1v) is 18.2. The molecule has 1 spiro atoms. The molecule has 1 aliphatic carbocycles. The largest absolute Gasteiger partial charge is 0.342 e. The Morgan fingerprint density at radius 2 is 1.55 bits per heavy atom. The van der Waals surface area contributed by atoms with Crippen molar-refractivity contribution in [1.29, 1.82) is 0 Å². The van der Waals surface area contributed by atoms with Crippen LogP contribution in [-0.2, 0) is 26.0 Å². The Labute approximate surface area is 269 Å². The predicted octanol–water partition coefficient (Wildman–Crippen LogP) is 5.54. The molecule has 2 aromatic carbocycles. The molecule has 6 rings (SSSR count). The van der Waals surface area contributed by atoms with Crippen LogP contribution in [0.2, 0.25) is 0 Å². The lowest BCUT2D eigenvalue weighted by Crippen LogP contribution is -2.46. The molecule has 1 saturated carbocycles. The van der Waals surface area contributed by atoms with E-state index in [2.05, 4.69) is 40.1 Å². The summed E-state index contributed by atoms with van der Waals surface area (Å²) < 4.78 is 23.6. The fourth-order valence-corrected chi connectivity index (χ4v) is 8.80. The van der Waals surface area contributed by atoms with Gasteiger partial charge in [-0.2, -0.15) is 0 Å². The molecule has 7 nitrogen and oxygen atoms in total. The Kier molecular flexibility index (Phi) is 10.4. The van der Waals surface area contributed by atoms with Crippen molar-refractivity contribution in [1.82, 2.24) is 14.7 Å². The molecular weight excluding hydrogens is 594 g/mol. The second kappa shape index (κ2) is 13.9. The molecule has 0 radical (unpaired) electrons. The Morgan fingerprint density at radius 1 is 0.886 bits per heavy atom. The first-order chi connectivity index (χ1) is 20.7. The van der Waals surface area contributed by atoms with Gasteiger partial charge in [-0.3, -0.25) is 9.59 Å². The highest BCUT2D eigenvalue weighted by molar-refractivity contribution is 7.90. The third-order valence-corrected chi connectivity index (χ3v) is 12.0. The van der Waals surface area contributed by atoms with Crippen molar-refractivity contribution in [3.8, 4) is 0 Å². The Morgan fingerprint density at radius 3 is 2.20 bits per heavy atom. The number of likely N-dealkylation sites (tertiary alicyclic amines) is 3. The number of amides is 2. The summed E-state index contributed by atoms with van der Waals surface area (Å²) in [4.78, 5) is 34.0. The van der Waals surface area contributed by atoms with Crippen LogP contribution in [0, 0.1) is 17.3 Å². The molecule has 4 fully saturated rings. The number of halogens is 1. The van der Waals surface area contributed by atoms with Crippen molar-refractivity contribution in [2.45, 2.75) is 75.1 Å². The normalized spacial score (nSPS) is 24.5. The lowest BCUT2D eigenvalue weighted by molar-refractivity contribution is -0.139. The van der Waals surface area contributed by atoms with Crippen LogP contribution in [0.15, 0.2) is 59.5 Å². The van der Waals surface area contributed by atoms with Gasteiger partial charge in [-0.05, 0) is 80.3 Å². The summed E-state index contributed by atoms with van der Waals surface area (Å²) in [5.74, 6) is 1.91. The van der Waals surface area contributed by atoms with E-state index in [1.54, 1.807) is 12.1 Å². The van der Waals surface area contributed by atoms with E-state index in [4.69, 9.17) is 0 Å². The maximum Gasteiger partial charge on any atom is 0.229 e. The molecule has 4 aliphatic rings. The van der Waals surface area contributed by atoms with E-state index >= 15 is 0 Å². The molecule has 3 heterocycles. The molecule has 0 N–H and O–H groups in total. The number of carbonyl (C=O) groups is 2. The van der Waals surface area contributed by atoms with Crippen molar-refractivity contribution < 1.29 is 18.0 Å². The Hall–Kier alpha value is -2.42. The van der Waals surface area contributed by atoms with E-state index in [9.17, 15) is 18.0 Å². The number of piperidine rings is 1. The van der Waals surface area contributed by atoms with E-state index in [1.165, 1.54) is 43.9 Å². The number of rotatable bonds is 8. The summed E-state index contributed by atoms with van der Waals surface area (Å²) in [5, 5.41) is 0. The predicted molar refractivity (Wildman–Crippen MR) is 175 cm³/mol. The summed E-state index contributed by atoms with van der Waals surface area (Å²) in [5.41, 5.74) is 2.02. The average Bonchev–Trinajstić information content (AvgIpc) is 3.56. The molecule has 9 heteroatoms. The van der Waals surface area contributed by atoms with Gasteiger partial charge in [-0.25, -0.2) is 8.42 Å². The number of benzene rings is 2. The molecule has 3 aliphatic heterocycles. The van der Waals surface area contributed by atoms with Crippen molar-refractivity contribution in [2.24, 2.45) is 17.3 Å². The Balaban J connectivity index is 0.00000384. The summed E-state index contributed by atoms with van der Waals surface area (Å²) in [6.45, 7) is 5.72. The number of carbonyl (C=O) groups excluding carboxylic acids is 2. The Bertz CT molecular complexity index is 1390. The van der Waals surface area contributed by atoms with Crippen molar-refractivity contribution >= 4 is 34.1 Å². The number of sulfone groups is 1. The number of hydrogen-bond donors (Lipinski definition) is 0. The number of hydrogen-bond acceptors (Lipinski definition) is 5. The highest BCUT2D eigenvalue weighted by Crippen LogP contribution is 2.43. The summed E-state index contributed by atoms with van der Waals surface area (Å²) in [6, 6.07) is 17.7. The van der Waals surface area contributed by atoms with Crippen LogP contribution in [0.1, 0.15) is 74.8 Å². The lowest BCUT2D eigenvalue weighted by atomic mass is 9.76. The van der Waals surface area contributed by atoms with Gasteiger partial charge in [-0.15, -0.1) is 12.4 Å². The van der Waals surface area contributed by atoms with Gasteiger partial charge in [0.2, 0.25) is 11.8 Å².